The third-order valence-electron chi connectivity index (χ3n) is 3.97. The number of halogens is 2. The van der Waals surface area contributed by atoms with Gasteiger partial charge in [-0.25, -0.2) is 0 Å². The van der Waals surface area contributed by atoms with E-state index in [-0.39, 0.29) is 0 Å². The zero-order valence-corrected chi connectivity index (χ0v) is 19.3. The van der Waals surface area contributed by atoms with Crippen molar-refractivity contribution >= 4 is 18.8 Å². The first-order valence-electron chi connectivity index (χ1n) is 7.74. The maximum atomic E-state index is 6.35. The Morgan fingerprint density at radius 1 is 0.667 bits per heavy atom. The molecule has 0 fully saturated rings. The molecule has 2 aromatic rings. The van der Waals surface area contributed by atoms with Crippen molar-refractivity contribution in [2.45, 2.75) is 12.1 Å². The average molecular weight is 598 g/mol. The summed E-state index contributed by atoms with van der Waals surface area (Å²) in [6.45, 7) is 0. The number of hydrogen-bond donors (Lipinski definition) is 2. The predicted octanol–water partition coefficient (Wildman–Crippen LogP) is 3.80. The number of hydrogen-bond acceptors (Lipinski definition) is 6. The van der Waals surface area contributed by atoms with Crippen LogP contribution >= 0.6 is 18.8 Å². The molecule has 0 radical (unpaired) electrons. The summed E-state index contributed by atoms with van der Waals surface area (Å²) < 4.78 is 21.1. The van der Waals surface area contributed by atoms with Crippen LogP contribution in [0, 0.1) is 0 Å². The van der Waals surface area contributed by atoms with E-state index < -0.39 is 28.6 Å². The Balaban J connectivity index is 0.00000114. The molecule has 2 rings (SSSR count). The van der Waals surface area contributed by atoms with Crippen molar-refractivity contribution in [2.75, 3.05) is 28.4 Å². The second-order valence-electron chi connectivity index (χ2n) is 5.33. The first-order valence-corrected chi connectivity index (χ1v) is 13.4. The minimum atomic E-state index is -0.472. The molecule has 154 valence electrons. The topological polar surface area (TPSA) is 89.0 Å². The van der Waals surface area contributed by atoms with Gasteiger partial charge in [0, 0.05) is 12.1 Å². The Kier molecular flexibility index (Phi) is 10.9. The molecule has 2 aromatic carbocycles. The van der Waals surface area contributed by atoms with Crippen LogP contribution in [0.1, 0.15) is 23.2 Å². The molecule has 0 spiro atoms. The summed E-state index contributed by atoms with van der Waals surface area (Å²) >= 11 is -0.472. The number of ether oxygens (including phenoxy) is 4. The van der Waals surface area contributed by atoms with Crippen molar-refractivity contribution in [1.29, 1.82) is 0 Å². The van der Waals surface area contributed by atoms with Crippen molar-refractivity contribution < 1.29 is 35.4 Å². The molecule has 4 N–H and O–H groups in total. The molecule has 0 bridgehead atoms. The van der Waals surface area contributed by atoms with Crippen molar-refractivity contribution in [2.24, 2.45) is 11.5 Å². The number of benzene rings is 2. The molecule has 0 unspecified atom stereocenters. The van der Waals surface area contributed by atoms with Crippen LogP contribution in [0.3, 0.4) is 0 Å². The van der Waals surface area contributed by atoms with E-state index >= 15 is 0 Å². The minimum absolute atomic E-state index is 0.414. The SMILES string of the molecule is COc1ccc([C@@H](N)[C@@H](N)c2ccc(OC)c(OC)c2)cc1OC.[Cl][Pt][Cl]. The monoisotopic (exact) mass is 597 g/mol. The van der Waals surface area contributed by atoms with E-state index in [1.807, 2.05) is 36.4 Å². The number of methoxy groups -OCH3 is 4. The molecule has 9 heteroatoms. The van der Waals surface area contributed by atoms with Gasteiger partial charge in [-0.15, -0.1) is 0 Å². The van der Waals surface area contributed by atoms with Crippen LogP contribution in [0.15, 0.2) is 36.4 Å². The normalized spacial score (nSPS) is 12.4. The van der Waals surface area contributed by atoms with Gasteiger partial charge in [-0.1, -0.05) is 12.1 Å². The van der Waals surface area contributed by atoms with Gasteiger partial charge in [-0.05, 0) is 35.4 Å². The Morgan fingerprint density at radius 2 is 0.963 bits per heavy atom. The summed E-state index contributed by atoms with van der Waals surface area (Å²) in [7, 11) is 16.1. The molecular weight excluding hydrogens is 574 g/mol. The molecule has 0 heterocycles. The molecule has 0 aliphatic carbocycles. The van der Waals surface area contributed by atoms with E-state index in [9.17, 15) is 0 Å². The van der Waals surface area contributed by atoms with E-state index in [2.05, 4.69) is 0 Å². The molecule has 0 aliphatic heterocycles. The fourth-order valence-electron chi connectivity index (χ4n) is 2.53. The zero-order valence-electron chi connectivity index (χ0n) is 15.5. The van der Waals surface area contributed by atoms with Gasteiger partial charge < -0.3 is 30.4 Å². The summed E-state index contributed by atoms with van der Waals surface area (Å²) in [5.74, 6) is 2.52. The average Bonchev–Trinajstić information content (AvgIpc) is 2.72. The Labute approximate surface area is 176 Å². The molecule has 0 aliphatic rings. The van der Waals surface area contributed by atoms with Crippen LogP contribution in [0.4, 0.5) is 0 Å². The van der Waals surface area contributed by atoms with E-state index in [1.54, 1.807) is 28.4 Å². The molecule has 0 aromatic heterocycles. The van der Waals surface area contributed by atoms with Crippen molar-refractivity contribution in [3.8, 4) is 23.0 Å². The van der Waals surface area contributed by atoms with Crippen LogP contribution < -0.4 is 30.4 Å². The molecule has 0 amide bonds. The van der Waals surface area contributed by atoms with Crippen LogP contribution in [-0.2, 0) is 16.5 Å². The molecule has 6 nitrogen and oxygen atoms in total. The first-order chi connectivity index (χ1) is 13.0. The molecular formula is C18H24Cl2N2O4Pt. The van der Waals surface area contributed by atoms with Gasteiger partial charge in [-0.3, -0.25) is 0 Å². The summed E-state index contributed by atoms with van der Waals surface area (Å²) in [6.07, 6.45) is 0. The third kappa shape index (κ3) is 6.44. The predicted molar refractivity (Wildman–Crippen MR) is 105 cm³/mol. The van der Waals surface area contributed by atoms with Crippen LogP contribution in [0.25, 0.3) is 0 Å². The maximum absolute atomic E-state index is 6.35. The Bertz CT molecular complexity index is 662. The second-order valence-corrected chi connectivity index (χ2v) is 8.61. The van der Waals surface area contributed by atoms with Gasteiger partial charge in [0.1, 0.15) is 0 Å². The Morgan fingerprint density at radius 3 is 1.22 bits per heavy atom. The first kappa shape index (κ1) is 23.9. The summed E-state index contributed by atoms with van der Waals surface area (Å²) in [5.41, 5.74) is 14.4. The number of rotatable bonds is 7. The number of nitrogens with two attached hydrogens (primary N) is 2. The summed E-state index contributed by atoms with van der Waals surface area (Å²) in [4.78, 5) is 0. The van der Waals surface area contributed by atoms with Crippen LogP contribution in [0.2, 0.25) is 0 Å². The van der Waals surface area contributed by atoms with Gasteiger partial charge >= 0.3 is 35.3 Å². The molecule has 2 atom stereocenters. The standard InChI is InChI=1S/C18H24N2O4.2ClH.Pt/c1-21-13-7-5-11(9-15(13)23-3)17(19)18(20)12-6-8-14(22-2)16(10-12)24-4;;;/h5-10,17-18H,19-20H2,1-4H3;2*1H;/q;;;+2/p-2/t17-,18+;;;. The molecule has 0 saturated heterocycles. The summed E-state index contributed by atoms with van der Waals surface area (Å²) in [6, 6.07) is 10.2. The third-order valence-corrected chi connectivity index (χ3v) is 3.97. The Hall–Kier alpha value is -1.17. The van der Waals surface area contributed by atoms with Gasteiger partial charge in [0.15, 0.2) is 23.0 Å². The van der Waals surface area contributed by atoms with Gasteiger partial charge in [0.25, 0.3) is 0 Å². The van der Waals surface area contributed by atoms with Crippen molar-refractivity contribution in [3.63, 3.8) is 0 Å². The summed E-state index contributed by atoms with van der Waals surface area (Å²) in [5, 5.41) is 0. The molecule has 27 heavy (non-hydrogen) atoms. The second kappa shape index (κ2) is 12.3. The van der Waals surface area contributed by atoms with Crippen molar-refractivity contribution in [1.82, 2.24) is 0 Å². The fourth-order valence-corrected chi connectivity index (χ4v) is 2.53. The quantitative estimate of drug-likeness (QED) is 0.505. The van der Waals surface area contributed by atoms with E-state index in [0.717, 1.165) is 11.1 Å². The van der Waals surface area contributed by atoms with Gasteiger partial charge in [-0.2, -0.15) is 0 Å². The molecule has 0 saturated carbocycles. The van der Waals surface area contributed by atoms with E-state index in [4.69, 9.17) is 49.3 Å². The van der Waals surface area contributed by atoms with Gasteiger partial charge in [0.2, 0.25) is 0 Å². The van der Waals surface area contributed by atoms with Crippen LogP contribution in [-0.4, -0.2) is 28.4 Å². The van der Waals surface area contributed by atoms with Crippen LogP contribution in [0.5, 0.6) is 23.0 Å². The van der Waals surface area contributed by atoms with E-state index in [0.29, 0.717) is 23.0 Å². The fraction of sp³-hybridized carbons (Fsp3) is 0.333. The van der Waals surface area contributed by atoms with E-state index in [1.165, 1.54) is 0 Å². The van der Waals surface area contributed by atoms with Gasteiger partial charge in [0.05, 0.1) is 28.4 Å². The zero-order chi connectivity index (χ0) is 20.4. The van der Waals surface area contributed by atoms with Crippen molar-refractivity contribution in [3.05, 3.63) is 47.5 Å².